The molecule has 242 valence electrons. The van der Waals surface area contributed by atoms with E-state index in [1.165, 1.54) is 24.2 Å². The number of aromatic nitrogens is 1. The zero-order valence-electron chi connectivity index (χ0n) is 26.8. The number of carbonyl (C=O) groups is 4. The van der Waals surface area contributed by atoms with Gasteiger partial charge in [-0.15, -0.1) is 0 Å². The van der Waals surface area contributed by atoms with Crippen molar-refractivity contribution in [2.24, 2.45) is 23.5 Å². The van der Waals surface area contributed by atoms with Gasteiger partial charge in [0, 0.05) is 49.1 Å². The van der Waals surface area contributed by atoms with Gasteiger partial charge in [-0.2, -0.15) is 0 Å². The Balaban J connectivity index is 1.23. The second-order valence-electron chi connectivity index (χ2n) is 13.5. The van der Waals surface area contributed by atoms with Crippen molar-refractivity contribution in [1.82, 2.24) is 19.7 Å². The normalized spacial score (nSPS) is 21.9. The van der Waals surface area contributed by atoms with E-state index >= 15 is 0 Å². The molecule has 2 bridgehead atoms. The van der Waals surface area contributed by atoms with Crippen LogP contribution in [-0.4, -0.2) is 83.6 Å². The first-order chi connectivity index (χ1) is 22.1. The molecule has 46 heavy (non-hydrogen) atoms. The summed E-state index contributed by atoms with van der Waals surface area (Å²) in [6.07, 6.45) is 6.00. The molecule has 2 saturated carbocycles. The van der Waals surface area contributed by atoms with E-state index in [9.17, 15) is 19.2 Å². The van der Waals surface area contributed by atoms with E-state index in [-0.39, 0.29) is 43.3 Å². The number of para-hydroxylation sites is 1. The molecule has 2 heterocycles. The van der Waals surface area contributed by atoms with E-state index in [1.54, 1.807) is 11.0 Å². The molecule has 0 spiro atoms. The number of anilines is 1. The maximum Gasteiger partial charge on any atom is 0.254 e. The third-order valence-electron chi connectivity index (χ3n) is 10.1. The number of benzene rings is 2. The van der Waals surface area contributed by atoms with Crippen LogP contribution >= 0.6 is 0 Å². The summed E-state index contributed by atoms with van der Waals surface area (Å²) in [5.74, 6) is 0.853. The summed E-state index contributed by atoms with van der Waals surface area (Å²) in [6.45, 7) is 0.903. The van der Waals surface area contributed by atoms with E-state index in [0.29, 0.717) is 49.0 Å². The molecule has 6 rings (SSSR count). The van der Waals surface area contributed by atoms with E-state index in [2.05, 4.69) is 5.32 Å². The maximum absolute atomic E-state index is 14.2. The van der Waals surface area contributed by atoms with E-state index in [4.69, 9.17) is 10.7 Å². The average molecular weight is 625 g/mol. The van der Waals surface area contributed by atoms with Crippen LogP contribution < -0.4 is 11.1 Å². The molecule has 1 aliphatic heterocycles. The highest BCUT2D eigenvalue weighted by atomic mass is 16.2. The van der Waals surface area contributed by atoms with Gasteiger partial charge in [0.25, 0.3) is 5.91 Å². The number of likely N-dealkylation sites (N-methyl/N-ethyl adjacent to an activating group) is 1. The highest BCUT2D eigenvalue weighted by molar-refractivity contribution is 6.00. The second kappa shape index (κ2) is 13.6. The summed E-state index contributed by atoms with van der Waals surface area (Å²) in [5, 5.41) is 4.06. The fraction of sp³-hybridized carbons (Fsp3) is 0.472. The van der Waals surface area contributed by atoms with Gasteiger partial charge in [0.15, 0.2) is 0 Å². The predicted octanol–water partition coefficient (Wildman–Crippen LogP) is 4.00. The summed E-state index contributed by atoms with van der Waals surface area (Å²) < 4.78 is 0. The van der Waals surface area contributed by atoms with Crippen LogP contribution in [-0.2, 0) is 20.8 Å². The van der Waals surface area contributed by atoms with Gasteiger partial charge in [-0.3, -0.25) is 24.2 Å². The summed E-state index contributed by atoms with van der Waals surface area (Å²) in [4.78, 5) is 62.4. The Morgan fingerprint density at radius 2 is 1.85 bits per heavy atom. The predicted molar refractivity (Wildman–Crippen MR) is 177 cm³/mol. The van der Waals surface area contributed by atoms with Crippen molar-refractivity contribution in [3.05, 3.63) is 71.4 Å². The van der Waals surface area contributed by atoms with Gasteiger partial charge in [0.1, 0.15) is 0 Å². The molecule has 3 N–H and O–H groups in total. The topological polar surface area (TPSA) is 129 Å². The summed E-state index contributed by atoms with van der Waals surface area (Å²) in [6, 6.07) is 17.0. The van der Waals surface area contributed by atoms with E-state index < -0.39 is 5.91 Å². The lowest BCUT2D eigenvalue weighted by molar-refractivity contribution is -0.135. The van der Waals surface area contributed by atoms with Crippen LogP contribution in [0.2, 0.25) is 0 Å². The minimum absolute atomic E-state index is 0.00582. The van der Waals surface area contributed by atoms with Crippen LogP contribution in [0, 0.1) is 17.8 Å². The Hall–Kier alpha value is -4.31. The molecular formula is C36H44N6O4. The van der Waals surface area contributed by atoms with Crippen molar-refractivity contribution in [3.8, 4) is 0 Å². The van der Waals surface area contributed by atoms with Gasteiger partial charge >= 0.3 is 0 Å². The van der Waals surface area contributed by atoms with Gasteiger partial charge < -0.3 is 25.8 Å². The quantitative estimate of drug-likeness (QED) is 0.314. The lowest BCUT2D eigenvalue weighted by Crippen LogP contribution is -2.45. The molecule has 2 unspecified atom stereocenters. The van der Waals surface area contributed by atoms with Crippen LogP contribution in [0.25, 0.3) is 10.9 Å². The van der Waals surface area contributed by atoms with Crippen molar-refractivity contribution >= 4 is 40.2 Å². The number of nitrogens with one attached hydrogen (secondary N) is 1. The number of nitrogens with zero attached hydrogens (tertiary/aromatic N) is 4. The van der Waals surface area contributed by atoms with Gasteiger partial charge in [-0.1, -0.05) is 36.8 Å². The summed E-state index contributed by atoms with van der Waals surface area (Å²) in [7, 11) is 3.79. The molecule has 3 aromatic rings. The molecule has 2 aromatic carbocycles. The Kier molecular flexibility index (Phi) is 9.35. The molecule has 2 aliphatic carbocycles. The number of nitrogens with two attached hydrogens (primary N) is 1. The number of pyridine rings is 1. The monoisotopic (exact) mass is 624 g/mol. The summed E-state index contributed by atoms with van der Waals surface area (Å²) in [5.41, 5.74) is 9.03. The van der Waals surface area contributed by atoms with Gasteiger partial charge in [0.2, 0.25) is 17.7 Å². The number of hydrogen-bond donors (Lipinski definition) is 2. The first-order valence-corrected chi connectivity index (χ1v) is 16.4. The standard InChI is InChI=1S/C36H44N6O4/c1-40(2)15-16-41(22-33(37)43)35(45)13-14-42-32(31-12-10-24-5-3-4-6-30(24)39-31)19-26-9-11-28(21-29(26)36(42)46)38-34(44)20-27-18-23-7-8-25(27)17-23/h3-6,9-12,21,23,25,27,32H,7-8,13-20,22H2,1-2H3,(H2,37,43)(H,38,44)/t23-,25-,27?,32?/m1/s1. The zero-order chi connectivity index (χ0) is 32.4. The van der Waals surface area contributed by atoms with Crippen molar-refractivity contribution in [1.29, 1.82) is 0 Å². The Morgan fingerprint density at radius 3 is 2.59 bits per heavy atom. The van der Waals surface area contributed by atoms with Gasteiger partial charge in [0.05, 0.1) is 23.8 Å². The van der Waals surface area contributed by atoms with Crippen molar-refractivity contribution in [2.75, 3.05) is 45.6 Å². The van der Waals surface area contributed by atoms with Gasteiger partial charge in [-0.05, 0) is 87.4 Å². The second-order valence-corrected chi connectivity index (χ2v) is 13.5. The number of fused-ring (bicyclic) bond motifs is 4. The largest absolute Gasteiger partial charge is 0.368 e. The number of rotatable bonds is 12. The summed E-state index contributed by atoms with van der Waals surface area (Å²) >= 11 is 0. The lowest BCUT2D eigenvalue weighted by atomic mass is 9.86. The fourth-order valence-corrected chi connectivity index (χ4v) is 7.69. The van der Waals surface area contributed by atoms with Crippen LogP contribution in [0.5, 0.6) is 0 Å². The minimum Gasteiger partial charge on any atom is -0.368 e. The molecule has 4 atom stereocenters. The minimum atomic E-state index is -0.580. The third kappa shape index (κ3) is 7.07. The molecule has 0 radical (unpaired) electrons. The zero-order valence-corrected chi connectivity index (χ0v) is 26.8. The van der Waals surface area contributed by atoms with Crippen molar-refractivity contribution < 1.29 is 19.2 Å². The third-order valence-corrected chi connectivity index (χ3v) is 10.1. The molecule has 4 amide bonds. The first-order valence-electron chi connectivity index (χ1n) is 16.4. The molecule has 0 saturated heterocycles. The maximum atomic E-state index is 14.2. The highest BCUT2D eigenvalue weighted by Gasteiger charge is 2.40. The van der Waals surface area contributed by atoms with E-state index in [0.717, 1.165) is 34.5 Å². The molecular weight excluding hydrogens is 580 g/mol. The Bertz CT molecular complexity index is 1640. The SMILES string of the molecule is CN(C)CCN(CC(N)=O)C(=O)CCN1C(=O)c2cc(NC(=O)CC3C[C@@H]4CC[C@@H]3C4)ccc2CC1c1ccc2ccccc2n1. The molecule has 2 fully saturated rings. The van der Waals surface area contributed by atoms with Crippen molar-refractivity contribution in [3.63, 3.8) is 0 Å². The van der Waals surface area contributed by atoms with E-state index in [1.807, 2.05) is 67.5 Å². The van der Waals surface area contributed by atoms with Crippen LogP contribution in [0.3, 0.4) is 0 Å². The number of amides is 4. The molecule has 10 heteroatoms. The first kappa shape index (κ1) is 31.7. The smallest absolute Gasteiger partial charge is 0.254 e. The number of carbonyl (C=O) groups excluding carboxylic acids is 4. The Labute approximate surface area is 270 Å². The fourth-order valence-electron chi connectivity index (χ4n) is 7.69. The molecule has 1 aromatic heterocycles. The number of hydrogen-bond acceptors (Lipinski definition) is 6. The molecule has 3 aliphatic rings. The van der Waals surface area contributed by atoms with Crippen molar-refractivity contribution in [2.45, 2.75) is 51.0 Å². The van der Waals surface area contributed by atoms with Gasteiger partial charge in [-0.25, -0.2) is 0 Å². The van der Waals surface area contributed by atoms with Crippen LogP contribution in [0.1, 0.15) is 66.2 Å². The Morgan fingerprint density at radius 1 is 1.02 bits per heavy atom. The van der Waals surface area contributed by atoms with Crippen LogP contribution in [0.15, 0.2) is 54.6 Å². The highest BCUT2D eigenvalue weighted by Crippen LogP contribution is 2.49. The molecule has 10 nitrogen and oxygen atoms in total. The van der Waals surface area contributed by atoms with Crippen LogP contribution in [0.4, 0.5) is 5.69 Å². The number of primary amides is 1. The lowest BCUT2D eigenvalue weighted by Gasteiger charge is -2.37. The average Bonchev–Trinajstić information content (AvgIpc) is 3.65.